The number of aromatic nitrogens is 2. The van der Waals surface area contributed by atoms with E-state index in [9.17, 15) is 8.78 Å². The quantitative estimate of drug-likeness (QED) is 0.842. The van der Waals surface area contributed by atoms with Gasteiger partial charge in [-0.25, -0.2) is 13.8 Å². The molecule has 3 nitrogen and oxygen atoms in total. The largest absolute Gasteiger partial charge is 0.325 e. The molecule has 1 heterocycles. The van der Waals surface area contributed by atoms with Crippen LogP contribution in [0.1, 0.15) is 5.69 Å². The molecule has 0 unspecified atom stereocenters. The monoisotopic (exact) mass is 221 g/mol. The molecule has 0 amide bonds. The van der Waals surface area contributed by atoms with Crippen LogP contribution < -0.4 is 5.73 Å². The van der Waals surface area contributed by atoms with E-state index in [0.29, 0.717) is 11.4 Å². The lowest BCUT2D eigenvalue weighted by Gasteiger charge is -2.03. The fourth-order valence-electron chi connectivity index (χ4n) is 1.33. The van der Waals surface area contributed by atoms with E-state index in [4.69, 9.17) is 5.73 Å². The predicted molar refractivity (Wildman–Crippen MR) is 55.3 cm³/mol. The molecule has 2 aromatic rings. The lowest BCUT2D eigenvalue weighted by molar-refractivity contribution is 0.585. The number of nitrogens with two attached hydrogens (primary N) is 1. The van der Waals surface area contributed by atoms with Gasteiger partial charge in [0.2, 0.25) is 0 Å². The van der Waals surface area contributed by atoms with E-state index in [1.54, 1.807) is 0 Å². The average molecular weight is 221 g/mol. The molecule has 0 aliphatic heterocycles. The van der Waals surface area contributed by atoms with Gasteiger partial charge in [0.1, 0.15) is 11.6 Å². The molecule has 0 atom stereocenters. The highest BCUT2D eigenvalue weighted by Gasteiger charge is 2.08. The molecule has 0 aliphatic rings. The van der Waals surface area contributed by atoms with Gasteiger partial charge in [-0.15, -0.1) is 0 Å². The molecule has 1 aromatic carbocycles. The number of halogens is 2. The normalized spacial score (nSPS) is 10.4. The molecule has 5 heteroatoms. The molecule has 0 radical (unpaired) electrons. The van der Waals surface area contributed by atoms with Crippen molar-refractivity contribution >= 4 is 0 Å². The van der Waals surface area contributed by atoms with Gasteiger partial charge in [0, 0.05) is 24.4 Å². The molecule has 0 aliphatic carbocycles. The minimum atomic E-state index is -0.663. The molecular formula is C11H9F2N3. The van der Waals surface area contributed by atoms with Crippen LogP contribution in [-0.2, 0) is 6.54 Å². The number of nitrogens with zero attached hydrogens (tertiary/aromatic N) is 2. The standard InChI is InChI=1S/C11H9F2N3/c12-7-1-2-9(10(13)3-7)11-6-15-5-8(4-14)16-11/h1-3,5-6H,4,14H2. The van der Waals surface area contributed by atoms with Gasteiger partial charge in [-0.3, -0.25) is 4.98 Å². The number of hydrogen-bond donors (Lipinski definition) is 1. The smallest absolute Gasteiger partial charge is 0.135 e. The summed E-state index contributed by atoms with van der Waals surface area (Å²) < 4.78 is 26.1. The van der Waals surface area contributed by atoms with Gasteiger partial charge in [-0.05, 0) is 12.1 Å². The Morgan fingerprint density at radius 3 is 2.69 bits per heavy atom. The highest BCUT2D eigenvalue weighted by molar-refractivity contribution is 5.58. The van der Waals surface area contributed by atoms with Crippen LogP contribution in [0.2, 0.25) is 0 Å². The van der Waals surface area contributed by atoms with Crippen LogP contribution in [0.4, 0.5) is 8.78 Å². The third-order valence-corrected chi connectivity index (χ3v) is 2.10. The predicted octanol–water partition coefficient (Wildman–Crippen LogP) is 1.88. The lowest BCUT2D eigenvalue weighted by atomic mass is 10.1. The Labute approximate surface area is 91.0 Å². The maximum absolute atomic E-state index is 13.4. The van der Waals surface area contributed by atoms with Gasteiger partial charge in [0.05, 0.1) is 17.6 Å². The number of rotatable bonds is 2. The number of benzene rings is 1. The zero-order chi connectivity index (χ0) is 11.5. The minimum Gasteiger partial charge on any atom is -0.325 e. The Morgan fingerprint density at radius 1 is 1.19 bits per heavy atom. The second kappa shape index (κ2) is 4.32. The summed E-state index contributed by atoms with van der Waals surface area (Å²) in [6.07, 6.45) is 2.92. The van der Waals surface area contributed by atoms with Crippen molar-refractivity contribution in [1.29, 1.82) is 0 Å². The Balaban J connectivity index is 2.49. The van der Waals surface area contributed by atoms with Crippen LogP contribution >= 0.6 is 0 Å². The second-order valence-corrected chi connectivity index (χ2v) is 3.22. The molecule has 1 aromatic heterocycles. The van der Waals surface area contributed by atoms with Crippen molar-refractivity contribution in [3.8, 4) is 11.3 Å². The van der Waals surface area contributed by atoms with Crippen molar-refractivity contribution in [3.05, 3.63) is 47.9 Å². The second-order valence-electron chi connectivity index (χ2n) is 3.22. The van der Waals surface area contributed by atoms with Gasteiger partial charge >= 0.3 is 0 Å². The summed E-state index contributed by atoms with van der Waals surface area (Å²) in [6, 6.07) is 3.32. The van der Waals surface area contributed by atoms with Crippen LogP contribution in [0.5, 0.6) is 0 Å². The van der Waals surface area contributed by atoms with Gasteiger partial charge in [-0.2, -0.15) is 0 Å². The zero-order valence-corrected chi connectivity index (χ0v) is 8.32. The van der Waals surface area contributed by atoms with Gasteiger partial charge in [0.15, 0.2) is 0 Å². The van der Waals surface area contributed by atoms with Gasteiger partial charge in [0.25, 0.3) is 0 Å². The molecule has 16 heavy (non-hydrogen) atoms. The maximum atomic E-state index is 13.4. The average Bonchev–Trinajstić information content (AvgIpc) is 2.29. The number of hydrogen-bond acceptors (Lipinski definition) is 3. The van der Waals surface area contributed by atoms with Gasteiger partial charge < -0.3 is 5.73 Å². The Hall–Kier alpha value is -1.88. The summed E-state index contributed by atoms with van der Waals surface area (Å²) >= 11 is 0. The Morgan fingerprint density at radius 2 is 2.00 bits per heavy atom. The van der Waals surface area contributed by atoms with Crippen molar-refractivity contribution in [2.24, 2.45) is 5.73 Å². The van der Waals surface area contributed by atoms with E-state index in [1.807, 2.05) is 0 Å². The molecular weight excluding hydrogens is 212 g/mol. The highest BCUT2D eigenvalue weighted by Crippen LogP contribution is 2.20. The third-order valence-electron chi connectivity index (χ3n) is 2.10. The van der Waals surface area contributed by atoms with E-state index in [0.717, 1.165) is 6.07 Å². The van der Waals surface area contributed by atoms with Crippen LogP contribution in [-0.4, -0.2) is 9.97 Å². The summed E-state index contributed by atoms with van der Waals surface area (Å²) in [5.41, 5.74) is 6.52. The third kappa shape index (κ3) is 2.04. The van der Waals surface area contributed by atoms with Crippen molar-refractivity contribution in [3.63, 3.8) is 0 Å². The first-order valence-electron chi connectivity index (χ1n) is 4.67. The Bertz CT molecular complexity index is 514. The summed E-state index contributed by atoms with van der Waals surface area (Å²) in [5, 5.41) is 0. The van der Waals surface area contributed by atoms with Gasteiger partial charge in [-0.1, -0.05) is 0 Å². The van der Waals surface area contributed by atoms with E-state index in [1.165, 1.54) is 24.5 Å². The lowest BCUT2D eigenvalue weighted by Crippen LogP contribution is -2.01. The van der Waals surface area contributed by atoms with Crippen LogP contribution in [0.25, 0.3) is 11.3 Å². The van der Waals surface area contributed by atoms with E-state index in [-0.39, 0.29) is 12.1 Å². The van der Waals surface area contributed by atoms with Crippen LogP contribution in [0.15, 0.2) is 30.6 Å². The summed E-state index contributed by atoms with van der Waals surface area (Å²) in [4.78, 5) is 7.99. The first-order valence-corrected chi connectivity index (χ1v) is 4.67. The SMILES string of the molecule is NCc1cncc(-c2ccc(F)cc2F)n1. The molecule has 82 valence electrons. The zero-order valence-electron chi connectivity index (χ0n) is 8.32. The van der Waals surface area contributed by atoms with E-state index >= 15 is 0 Å². The molecule has 2 rings (SSSR count). The first kappa shape index (κ1) is 10.6. The first-order chi connectivity index (χ1) is 7.70. The van der Waals surface area contributed by atoms with Crippen LogP contribution in [0, 0.1) is 11.6 Å². The molecule has 0 bridgehead atoms. The fraction of sp³-hybridized carbons (Fsp3) is 0.0909. The summed E-state index contributed by atoms with van der Waals surface area (Å²) in [7, 11) is 0. The molecule has 2 N–H and O–H groups in total. The molecule has 0 fully saturated rings. The molecule has 0 spiro atoms. The maximum Gasteiger partial charge on any atom is 0.135 e. The topological polar surface area (TPSA) is 51.8 Å². The summed E-state index contributed by atoms with van der Waals surface area (Å²) in [6.45, 7) is 0.226. The van der Waals surface area contributed by atoms with E-state index in [2.05, 4.69) is 9.97 Å². The Kier molecular flexibility index (Phi) is 2.87. The minimum absolute atomic E-state index is 0.212. The highest BCUT2D eigenvalue weighted by atomic mass is 19.1. The van der Waals surface area contributed by atoms with E-state index < -0.39 is 11.6 Å². The van der Waals surface area contributed by atoms with Crippen molar-refractivity contribution in [2.75, 3.05) is 0 Å². The molecule has 0 saturated heterocycles. The van der Waals surface area contributed by atoms with Crippen molar-refractivity contribution in [2.45, 2.75) is 6.54 Å². The van der Waals surface area contributed by atoms with Crippen LogP contribution in [0.3, 0.4) is 0 Å². The summed E-state index contributed by atoms with van der Waals surface area (Å²) in [5.74, 6) is -1.28. The van der Waals surface area contributed by atoms with Crippen molar-refractivity contribution < 1.29 is 8.78 Å². The van der Waals surface area contributed by atoms with Crippen molar-refractivity contribution in [1.82, 2.24) is 9.97 Å². The fourth-order valence-corrected chi connectivity index (χ4v) is 1.33. The molecule has 0 saturated carbocycles.